The molecule has 2 aromatic carbocycles. The Morgan fingerprint density at radius 2 is 1.90 bits per heavy atom. The number of hydrogen-bond acceptors (Lipinski definition) is 5. The number of likely N-dealkylation sites (tertiary alicyclic amines) is 1. The highest BCUT2D eigenvalue weighted by molar-refractivity contribution is 5.96. The van der Waals surface area contributed by atoms with E-state index in [4.69, 9.17) is 0 Å². The molecule has 1 aliphatic heterocycles. The summed E-state index contributed by atoms with van der Waals surface area (Å²) in [4.78, 5) is 40.2. The quantitative estimate of drug-likeness (QED) is 0.394. The average Bonchev–Trinajstić information content (AvgIpc) is 3.35. The molecule has 0 radical (unpaired) electrons. The van der Waals surface area contributed by atoms with Gasteiger partial charge in [0.2, 0.25) is 5.91 Å². The molecule has 2 heterocycles. The summed E-state index contributed by atoms with van der Waals surface area (Å²) in [6.45, 7) is 5.55. The van der Waals surface area contributed by atoms with Gasteiger partial charge in [0.1, 0.15) is 5.82 Å². The van der Waals surface area contributed by atoms with E-state index in [0.29, 0.717) is 17.5 Å². The van der Waals surface area contributed by atoms with Crippen LogP contribution in [-0.4, -0.2) is 52.6 Å². The first-order valence-corrected chi connectivity index (χ1v) is 12.8. The standard InChI is InChI=1S/C29H34FN5O3.ClH/c1-17-12-22(9-8-20(17)14-23-13-18(2)33-34-29(23)38)28(37)32-16-27(36)35-25(19(3)31-4)10-11-26(35)21-6-5-7-24(30)15-21;/h5-9,12-13,15,19,25-26,31H,10-11,14,16H2,1-4H3,(H,32,37)(H,34,38);1H/t19-,25+,26-;/m0./s1. The number of halogens is 2. The van der Waals surface area contributed by atoms with Crippen molar-refractivity contribution in [1.82, 2.24) is 25.7 Å². The maximum atomic E-state index is 13.9. The van der Waals surface area contributed by atoms with Crippen molar-refractivity contribution in [2.45, 2.75) is 58.2 Å². The lowest BCUT2D eigenvalue weighted by Crippen LogP contribution is -2.50. The molecule has 0 unspecified atom stereocenters. The highest BCUT2D eigenvalue weighted by atomic mass is 35.5. The van der Waals surface area contributed by atoms with E-state index < -0.39 is 0 Å². The minimum Gasteiger partial charge on any atom is -0.343 e. The maximum absolute atomic E-state index is 13.9. The molecule has 1 aliphatic rings. The number of aromatic nitrogens is 2. The number of aryl methyl sites for hydroxylation is 2. The molecule has 4 rings (SSSR count). The molecule has 3 aromatic rings. The van der Waals surface area contributed by atoms with Gasteiger partial charge in [-0.15, -0.1) is 12.4 Å². The van der Waals surface area contributed by atoms with E-state index in [1.54, 1.807) is 29.2 Å². The number of nitrogens with one attached hydrogen (secondary N) is 3. The number of rotatable bonds is 8. The van der Waals surface area contributed by atoms with E-state index >= 15 is 0 Å². The van der Waals surface area contributed by atoms with Crippen LogP contribution in [0.25, 0.3) is 0 Å². The monoisotopic (exact) mass is 555 g/mol. The molecule has 2 amide bonds. The molecule has 0 spiro atoms. The molecular weight excluding hydrogens is 521 g/mol. The molecule has 10 heteroatoms. The van der Waals surface area contributed by atoms with Gasteiger partial charge < -0.3 is 15.5 Å². The van der Waals surface area contributed by atoms with E-state index in [9.17, 15) is 18.8 Å². The maximum Gasteiger partial charge on any atom is 0.267 e. The number of likely N-dealkylation sites (N-methyl/N-ethyl adjacent to an activating group) is 1. The summed E-state index contributed by atoms with van der Waals surface area (Å²) >= 11 is 0. The predicted molar refractivity (Wildman–Crippen MR) is 151 cm³/mol. The van der Waals surface area contributed by atoms with Gasteiger partial charge in [-0.1, -0.05) is 18.2 Å². The van der Waals surface area contributed by atoms with E-state index in [1.165, 1.54) is 12.1 Å². The zero-order valence-electron chi connectivity index (χ0n) is 22.6. The van der Waals surface area contributed by atoms with Crippen LogP contribution in [0.15, 0.2) is 53.3 Å². The van der Waals surface area contributed by atoms with Crippen molar-refractivity contribution in [1.29, 1.82) is 0 Å². The zero-order valence-corrected chi connectivity index (χ0v) is 23.4. The van der Waals surface area contributed by atoms with Crippen molar-refractivity contribution < 1.29 is 14.0 Å². The van der Waals surface area contributed by atoms with E-state index in [-0.39, 0.29) is 60.3 Å². The van der Waals surface area contributed by atoms with Crippen LogP contribution < -0.4 is 16.2 Å². The fourth-order valence-electron chi connectivity index (χ4n) is 5.20. The van der Waals surface area contributed by atoms with Crippen molar-refractivity contribution >= 4 is 24.2 Å². The number of hydrogen-bond donors (Lipinski definition) is 3. The Morgan fingerprint density at radius 3 is 2.59 bits per heavy atom. The molecular formula is C29H35ClFN5O3. The number of benzene rings is 2. The van der Waals surface area contributed by atoms with Gasteiger partial charge in [0.15, 0.2) is 0 Å². The number of nitrogens with zero attached hydrogens (tertiary/aromatic N) is 2. The largest absolute Gasteiger partial charge is 0.343 e. The minimum absolute atomic E-state index is 0. The van der Waals surface area contributed by atoms with Gasteiger partial charge in [-0.25, -0.2) is 9.49 Å². The summed E-state index contributed by atoms with van der Waals surface area (Å²) in [7, 11) is 1.85. The van der Waals surface area contributed by atoms with Crippen LogP contribution in [0, 0.1) is 19.7 Å². The fourth-order valence-corrected chi connectivity index (χ4v) is 5.20. The smallest absolute Gasteiger partial charge is 0.267 e. The van der Waals surface area contributed by atoms with Crippen LogP contribution in [-0.2, 0) is 11.2 Å². The van der Waals surface area contributed by atoms with Crippen molar-refractivity contribution in [3.05, 3.63) is 98.2 Å². The molecule has 8 nitrogen and oxygen atoms in total. The van der Waals surface area contributed by atoms with Crippen molar-refractivity contribution in [3.8, 4) is 0 Å². The van der Waals surface area contributed by atoms with Gasteiger partial charge >= 0.3 is 0 Å². The normalized spacial score (nSPS) is 17.4. The SMILES string of the molecule is CN[C@@H](C)[C@H]1CC[C@@H](c2cccc(F)c2)N1C(=O)CNC(=O)c1ccc(Cc2cc(C)n[nH]c2=O)c(C)c1.Cl. The summed E-state index contributed by atoms with van der Waals surface area (Å²) in [6.07, 6.45) is 1.93. The average molecular weight is 556 g/mol. The van der Waals surface area contributed by atoms with E-state index in [0.717, 1.165) is 35.2 Å². The van der Waals surface area contributed by atoms with Gasteiger partial charge in [0, 0.05) is 29.6 Å². The highest BCUT2D eigenvalue weighted by Gasteiger charge is 2.40. The van der Waals surface area contributed by atoms with Crippen molar-refractivity contribution in [2.75, 3.05) is 13.6 Å². The first-order chi connectivity index (χ1) is 18.2. The molecule has 0 aliphatic carbocycles. The van der Waals surface area contributed by atoms with Gasteiger partial charge in [-0.2, -0.15) is 5.10 Å². The van der Waals surface area contributed by atoms with Crippen LogP contribution in [0.4, 0.5) is 4.39 Å². The molecule has 1 saturated heterocycles. The number of aromatic amines is 1. The predicted octanol–water partition coefficient (Wildman–Crippen LogP) is 3.61. The second kappa shape index (κ2) is 13.0. The summed E-state index contributed by atoms with van der Waals surface area (Å²) in [6, 6.07) is 13.1. The first kappa shape index (κ1) is 30.0. The Bertz CT molecular complexity index is 1400. The number of carbonyl (C=O) groups excluding carboxylic acids is 2. The summed E-state index contributed by atoms with van der Waals surface area (Å²) in [5.41, 5.74) is 4.07. The second-order valence-electron chi connectivity index (χ2n) is 9.96. The Morgan fingerprint density at radius 1 is 1.13 bits per heavy atom. The highest BCUT2D eigenvalue weighted by Crippen LogP contribution is 2.37. The van der Waals surface area contributed by atoms with Gasteiger partial charge in [-0.3, -0.25) is 14.4 Å². The van der Waals surface area contributed by atoms with Gasteiger partial charge in [0.25, 0.3) is 11.5 Å². The first-order valence-electron chi connectivity index (χ1n) is 12.8. The molecule has 208 valence electrons. The van der Waals surface area contributed by atoms with Crippen LogP contribution in [0.5, 0.6) is 0 Å². The lowest BCUT2D eigenvalue weighted by molar-refractivity contribution is -0.133. The van der Waals surface area contributed by atoms with Crippen LogP contribution in [0.2, 0.25) is 0 Å². The van der Waals surface area contributed by atoms with Crippen LogP contribution in [0.1, 0.15) is 64.1 Å². The number of amides is 2. The van der Waals surface area contributed by atoms with Crippen molar-refractivity contribution in [2.24, 2.45) is 0 Å². The molecule has 1 fully saturated rings. The lowest BCUT2D eigenvalue weighted by Gasteiger charge is -2.34. The molecule has 3 N–H and O–H groups in total. The van der Waals surface area contributed by atoms with Gasteiger partial charge in [-0.05, 0) is 87.7 Å². The third kappa shape index (κ3) is 6.91. The Labute approximate surface area is 233 Å². The molecule has 1 aromatic heterocycles. The summed E-state index contributed by atoms with van der Waals surface area (Å²) in [5, 5.41) is 12.4. The van der Waals surface area contributed by atoms with Crippen LogP contribution >= 0.6 is 12.4 Å². The second-order valence-corrected chi connectivity index (χ2v) is 9.96. The lowest BCUT2D eigenvalue weighted by atomic mass is 9.99. The number of H-pyrrole nitrogens is 1. The van der Waals surface area contributed by atoms with Crippen molar-refractivity contribution in [3.63, 3.8) is 0 Å². The van der Waals surface area contributed by atoms with E-state index in [1.807, 2.05) is 40.0 Å². The molecule has 3 atom stereocenters. The molecule has 0 saturated carbocycles. The topological polar surface area (TPSA) is 107 Å². The van der Waals surface area contributed by atoms with E-state index in [2.05, 4.69) is 20.8 Å². The summed E-state index contributed by atoms with van der Waals surface area (Å²) < 4.78 is 13.9. The minimum atomic E-state index is -0.356. The third-order valence-electron chi connectivity index (χ3n) is 7.38. The number of carbonyl (C=O) groups is 2. The Kier molecular flexibility index (Phi) is 9.99. The molecule has 0 bridgehead atoms. The van der Waals surface area contributed by atoms with Gasteiger partial charge in [0.05, 0.1) is 18.3 Å². The molecule has 39 heavy (non-hydrogen) atoms. The summed E-state index contributed by atoms with van der Waals surface area (Å²) in [5.74, 6) is -0.904. The zero-order chi connectivity index (χ0) is 27.4. The Balaban J connectivity index is 0.00000420. The van der Waals surface area contributed by atoms with Crippen LogP contribution in [0.3, 0.4) is 0 Å². The Hall–Kier alpha value is -3.56. The fraction of sp³-hybridized carbons (Fsp3) is 0.379. The third-order valence-corrected chi connectivity index (χ3v) is 7.38.